The van der Waals surface area contributed by atoms with E-state index in [-0.39, 0.29) is 24.5 Å². The Kier molecular flexibility index (Phi) is 7.41. The lowest BCUT2D eigenvalue weighted by Gasteiger charge is -2.44. The number of carbonyl (C=O) groups is 2. The Balaban J connectivity index is 1.39. The van der Waals surface area contributed by atoms with Crippen molar-refractivity contribution >= 4 is 12.0 Å². The summed E-state index contributed by atoms with van der Waals surface area (Å²) in [6.45, 7) is 5.36. The van der Waals surface area contributed by atoms with E-state index in [9.17, 15) is 27.9 Å². The molecule has 12 heteroatoms. The Bertz CT molecular complexity index is 1250. The van der Waals surface area contributed by atoms with Gasteiger partial charge in [0.1, 0.15) is 6.04 Å². The minimum Gasteiger partial charge on any atom is -0.465 e. The van der Waals surface area contributed by atoms with Gasteiger partial charge in [-0.3, -0.25) is 14.7 Å². The second-order valence-electron chi connectivity index (χ2n) is 11.8. The average Bonchev–Trinajstić information content (AvgIpc) is 3.67. The molecule has 5 rings (SSSR count). The maximum Gasteiger partial charge on any atom is 0.416 e. The smallest absolute Gasteiger partial charge is 0.416 e. The van der Waals surface area contributed by atoms with Gasteiger partial charge >= 0.3 is 12.3 Å². The van der Waals surface area contributed by atoms with Gasteiger partial charge in [-0.1, -0.05) is 12.1 Å². The Morgan fingerprint density at radius 3 is 2.42 bits per heavy atom. The van der Waals surface area contributed by atoms with E-state index >= 15 is 0 Å². The zero-order valence-corrected chi connectivity index (χ0v) is 22.8. The van der Waals surface area contributed by atoms with E-state index in [2.05, 4.69) is 9.97 Å². The first-order valence-corrected chi connectivity index (χ1v) is 13.6. The van der Waals surface area contributed by atoms with E-state index in [0.717, 1.165) is 48.4 Å². The van der Waals surface area contributed by atoms with Crippen molar-refractivity contribution in [3.05, 3.63) is 53.5 Å². The number of nitrogens with zero attached hydrogens (tertiary/aromatic N) is 5. The number of carbonyl (C=O) groups excluding carboxylic acids is 1. The first-order chi connectivity index (χ1) is 18.8. The van der Waals surface area contributed by atoms with Crippen molar-refractivity contribution in [3.8, 4) is 5.88 Å². The SMILES string of the molecule is CC(C)(C)N(C(=O)O)C(C(=O)N1CC[C@@H]2CC[C@H](Oc3cnc(C4CC4)cn3)N2C1)c1cccc(C(F)(F)F)c1. The zero-order chi connectivity index (χ0) is 28.8. The highest BCUT2D eigenvalue weighted by atomic mass is 19.4. The van der Waals surface area contributed by atoms with Crippen molar-refractivity contribution in [3.63, 3.8) is 0 Å². The molecule has 1 aromatic heterocycles. The molecule has 2 saturated heterocycles. The topological polar surface area (TPSA) is 99.1 Å². The molecule has 3 atom stereocenters. The molecule has 2 amide bonds. The lowest BCUT2D eigenvalue weighted by atomic mass is 9.95. The Hall–Kier alpha value is -3.41. The highest BCUT2D eigenvalue weighted by Crippen LogP contribution is 2.39. The van der Waals surface area contributed by atoms with Crippen LogP contribution in [0.2, 0.25) is 0 Å². The van der Waals surface area contributed by atoms with Crippen molar-refractivity contribution < 1.29 is 32.6 Å². The number of alkyl halides is 3. The number of amides is 2. The van der Waals surface area contributed by atoms with Crippen molar-refractivity contribution in [2.75, 3.05) is 13.2 Å². The van der Waals surface area contributed by atoms with Crippen LogP contribution in [0.3, 0.4) is 0 Å². The summed E-state index contributed by atoms with van der Waals surface area (Å²) in [5.41, 5.74) is -1.08. The molecule has 1 unspecified atom stereocenters. The van der Waals surface area contributed by atoms with Gasteiger partial charge in [0.25, 0.3) is 5.91 Å². The van der Waals surface area contributed by atoms with Gasteiger partial charge in [-0.15, -0.1) is 0 Å². The average molecular weight is 562 g/mol. The molecule has 40 heavy (non-hydrogen) atoms. The molecule has 1 saturated carbocycles. The van der Waals surface area contributed by atoms with Gasteiger partial charge in [0.2, 0.25) is 5.88 Å². The molecule has 0 radical (unpaired) electrons. The lowest BCUT2D eigenvalue weighted by molar-refractivity contribution is -0.146. The summed E-state index contributed by atoms with van der Waals surface area (Å²) < 4.78 is 46.8. The first kappa shape index (κ1) is 28.1. The summed E-state index contributed by atoms with van der Waals surface area (Å²) in [4.78, 5) is 39.9. The predicted octanol–water partition coefficient (Wildman–Crippen LogP) is 5.25. The highest BCUT2D eigenvalue weighted by Gasteiger charge is 2.45. The zero-order valence-electron chi connectivity index (χ0n) is 22.8. The molecule has 2 aliphatic heterocycles. The molecular weight excluding hydrogens is 527 g/mol. The van der Waals surface area contributed by atoms with E-state index in [4.69, 9.17) is 4.74 Å². The minimum absolute atomic E-state index is 0.0282. The fraction of sp³-hybridized carbons (Fsp3) is 0.571. The van der Waals surface area contributed by atoms with Crippen LogP contribution in [-0.4, -0.2) is 72.8 Å². The standard InChI is InChI=1S/C28H34F3N5O4/c1-27(2,3)36(26(38)39)24(18-5-4-6-19(13-18)28(29,30)31)25(37)34-12-11-20-9-10-23(35(20)16-34)40-22-15-32-21(14-33-22)17-7-8-17/h4-6,13-15,17,20,23-24H,7-12,16H2,1-3H3,(H,38,39)/t20-,23-,24?/m0/s1. The van der Waals surface area contributed by atoms with Gasteiger partial charge in [-0.05, 0) is 70.6 Å². The van der Waals surface area contributed by atoms with Crippen LogP contribution in [0.5, 0.6) is 5.88 Å². The number of ether oxygens (including phenoxy) is 1. The molecular formula is C28H34F3N5O4. The number of carboxylic acid groups (broad SMARTS) is 1. The molecule has 0 spiro atoms. The van der Waals surface area contributed by atoms with Gasteiger partial charge in [0.15, 0.2) is 6.23 Å². The quantitative estimate of drug-likeness (QED) is 0.514. The van der Waals surface area contributed by atoms with Crippen LogP contribution in [0, 0.1) is 0 Å². The Labute approximate surface area is 230 Å². The molecule has 1 N–H and O–H groups in total. The fourth-order valence-corrected chi connectivity index (χ4v) is 5.66. The number of hydrogen-bond donors (Lipinski definition) is 1. The summed E-state index contributed by atoms with van der Waals surface area (Å²) in [5, 5.41) is 10.1. The number of aromatic nitrogens is 2. The summed E-state index contributed by atoms with van der Waals surface area (Å²) >= 11 is 0. The van der Waals surface area contributed by atoms with Crippen LogP contribution in [-0.2, 0) is 11.0 Å². The number of halogens is 3. The summed E-state index contributed by atoms with van der Waals surface area (Å²) in [6.07, 6.45) is 1.41. The van der Waals surface area contributed by atoms with Gasteiger partial charge < -0.3 is 14.7 Å². The van der Waals surface area contributed by atoms with Crippen LogP contribution < -0.4 is 4.74 Å². The van der Waals surface area contributed by atoms with E-state index in [1.807, 2.05) is 4.90 Å². The molecule has 3 heterocycles. The summed E-state index contributed by atoms with van der Waals surface area (Å²) in [5.74, 6) is 0.293. The third-order valence-electron chi connectivity index (χ3n) is 7.81. The minimum atomic E-state index is -4.64. The lowest BCUT2D eigenvalue weighted by Crippen LogP contribution is -2.58. The number of rotatable bonds is 6. The molecule has 216 valence electrons. The maximum atomic E-state index is 14.1. The van der Waals surface area contributed by atoms with E-state index in [1.54, 1.807) is 33.2 Å². The predicted molar refractivity (Wildman–Crippen MR) is 138 cm³/mol. The van der Waals surface area contributed by atoms with Gasteiger partial charge in [-0.2, -0.15) is 13.2 Å². The molecule has 1 aliphatic carbocycles. The Morgan fingerprint density at radius 2 is 1.82 bits per heavy atom. The van der Waals surface area contributed by atoms with Crippen LogP contribution in [0.4, 0.5) is 18.0 Å². The summed E-state index contributed by atoms with van der Waals surface area (Å²) in [6, 6.07) is 3.05. The van der Waals surface area contributed by atoms with E-state index in [0.29, 0.717) is 24.8 Å². The molecule has 9 nitrogen and oxygen atoms in total. The van der Waals surface area contributed by atoms with Gasteiger partial charge in [0.05, 0.1) is 30.3 Å². The highest BCUT2D eigenvalue weighted by molar-refractivity contribution is 5.87. The van der Waals surface area contributed by atoms with Crippen molar-refractivity contribution in [1.82, 2.24) is 24.7 Å². The molecule has 3 aliphatic rings. The second kappa shape index (κ2) is 10.5. The number of hydrogen-bond acceptors (Lipinski definition) is 6. The fourth-order valence-electron chi connectivity index (χ4n) is 5.66. The molecule has 1 aromatic carbocycles. The second-order valence-corrected chi connectivity index (χ2v) is 11.8. The van der Waals surface area contributed by atoms with Gasteiger partial charge in [-0.25, -0.2) is 14.7 Å². The Morgan fingerprint density at radius 1 is 1.07 bits per heavy atom. The third kappa shape index (κ3) is 5.86. The monoisotopic (exact) mass is 561 g/mol. The van der Waals surface area contributed by atoms with Crippen molar-refractivity contribution in [2.24, 2.45) is 0 Å². The van der Waals surface area contributed by atoms with Crippen molar-refractivity contribution in [1.29, 1.82) is 0 Å². The first-order valence-electron chi connectivity index (χ1n) is 13.6. The van der Waals surface area contributed by atoms with Crippen LogP contribution in [0.1, 0.15) is 81.7 Å². The van der Waals surface area contributed by atoms with E-state index in [1.165, 1.54) is 17.0 Å². The van der Waals surface area contributed by atoms with E-state index < -0.39 is 35.3 Å². The number of benzene rings is 1. The third-order valence-corrected chi connectivity index (χ3v) is 7.81. The normalized spacial score (nSPS) is 22.5. The van der Waals surface area contributed by atoms with Crippen LogP contribution >= 0.6 is 0 Å². The number of fused-ring (bicyclic) bond motifs is 1. The molecule has 0 bridgehead atoms. The van der Waals surface area contributed by atoms with Crippen LogP contribution in [0.25, 0.3) is 0 Å². The van der Waals surface area contributed by atoms with Crippen LogP contribution in [0.15, 0.2) is 36.7 Å². The maximum absolute atomic E-state index is 14.1. The summed E-state index contributed by atoms with van der Waals surface area (Å²) in [7, 11) is 0. The molecule has 2 aromatic rings. The van der Waals surface area contributed by atoms with Crippen molar-refractivity contribution in [2.45, 2.75) is 88.8 Å². The van der Waals surface area contributed by atoms with Gasteiger partial charge in [0, 0.05) is 24.0 Å². The largest absolute Gasteiger partial charge is 0.465 e. The molecule has 3 fully saturated rings.